The molecule has 0 saturated heterocycles. The maximum absolute atomic E-state index is 12.3. The number of para-hydroxylation sites is 1. The predicted molar refractivity (Wildman–Crippen MR) is 106 cm³/mol. The van der Waals surface area contributed by atoms with E-state index in [1.807, 2.05) is 26.0 Å². The molecule has 0 saturated carbocycles. The van der Waals surface area contributed by atoms with Gasteiger partial charge in [-0.15, -0.1) is 22.7 Å². The van der Waals surface area contributed by atoms with E-state index in [2.05, 4.69) is 24.5 Å². The third-order valence-electron chi connectivity index (χ3n) is 4.62. The number of rotatable bonds is 3. The molecule has 0 radical (unpaired) electrons. The summed E-state index contributed by atoms with van der Waals surface area (Å²) >= 11 is 3.45. The number of nitrogens with zero attached hydrogens (tertiary/aromatic N) is 1. The molecule has 25 heavy (non-hydrogen) atoms. The molecule has 1 aliphatic heterocycles. The van der Waals surface area contributed by atoms with Crippen LogP contribution in [-0.4, -0.2) is 24.5 Å². The van der Waals surface area contributed by atoms with Gasteiger partial charge in [-0.2, -0.15) is 0 Å². The first-order valence-electron chi connectivity index (χ1n) is 8.65. The Hall–Kier alpha value is -1.76. The minimum absolute atomic E-state index is 0.0318. The van der Waals surface area contributed by atoms with Crippen molar-refractivity contribution in [3.05, 3.63) is 34.7 Å². The molecule has 4 nitrogen and oxygen atoms in total. The average Bonchev–Trinajstić information content (AvgIpc) is 3.14. The van der Waals surface area contributed by atoms with Gasteiger partial charge in [0.15, 0.2) is 0 Å². The van der Waals surface area contributed by atoms with Gasteiger partial charge < -0.3 is 10.2 Å². The predicted octanol–water partition coefficient (Wildman–Crippen LogP) is 3.19. The van der Waals surface area contributed by atoms with Gasteiger partial charge in [0.1, 0.15) is 16.6 Å². The lowest BCUT2D eigenvalue weighted by molar-refractivity contribution is -0.895. The highest BCUT2D eigenvalue weighted by atomic mass is 32.1. The standard InChI is InChI=1S/C19H21N3OS2/c1-11(2)17(23)21-19-16(12-8-9-22(3)10-15(12)25-19)18-20-13-6-4-5-7-14(13)24-18/h4-7,11H,8-10H2,1-3H3,(H,21,23)/p+1. The quantitative estimate of drug-likeness (QED) is 0.742. The molecule has 1 aliphatic rings. The Morgan fingerprint density at radius 3 is 2.84 bits per heavy atom. The Kier molecular flexibility index (Phi) is 4.35. The number of nitrogens with one attached hydrogen (secondary N) is 2. The number of thiophene rings is 1. The Labute approximate surface area is 155 Å². The van der Waals surface area contributed by atoms with Crippen LogP contribution in [0.15, 0.2) is 24.3 Å². The van der Waals surface area contributed by atoms with Crippen LogP contribution in [0.25, 0.3) is 20.8 Å². The highest BCUT2D eigenvalue weighted by Crippen LogP contribution is 2.44. The normalized spacial score (nSPS) is 17.0. The number of benzene rings is 1. The summed E-state index contributed by atoms with van der Waals surface area (Å²) in [5.41, 5.74) is 3.57. The monoisotopic (exact) mass is 372 g/mol. The Balaban J connectivity index is 1.85. The van der Waals surface area contributed by atoms with Gasteiger partial charge in [0.2, 0.25) is 5.91 Å². The van der Waals surface area contributed by atoms with Gasteiger partial charge in [-0.25, -0.2) is 4.98 Å². The van der Waals surface area contributed by atoms with Crippen LogP contribution in [0.4, 0.5) is 5.00 Å². The van der Waals surface area contributed by atoms with Crippen molar-refractivity contribution in [2.45, 2.75) is 26.8 Å². The molecule has 1 aromatic carbocycles. The number of hydrogen-bond acceptors (Lipinski definition) is 4. The van der Waals surface area contributed by atoms with E-state index in [1.165, 1.54) is 20.0 Å². The molecule has 2 N–H and O–H groups in total. The molecule has 4 rings (SSSR count). The lowest BCUT2D eigenvalue weighted by Gasteiger charge is -2.19. The molecule has 6 heteroatoms. The van der Waals surface area contributed by atoms with Crippen molar-refractivity contribution < 1.29 is 9.69 Å². The van der Waals surface area contributed by atoms with Gasteiger partial charge >= 0.3 is 0 Å². The second-order valence-electron chi connectivity index (χ2n) is 6.97. The zero-order chi connectivity index (χ0) is 17.6. The van der Waals surface area contributed by atoms with Crippen LogP contribution in [0, 0.1) is 5.92 Å². The third kappa shape index (κ3) is 3.10. The summed E-state index contributed by atoms with van der Waals surface area (Å²) in [5, 5.41) is 5.16. The number of anilines is 1. The van der Waals surface area contributed by atoms with Gasteiger partial charge in [0.25, 0.3) is 0 Å². The number of quaternary nitrogens is 1. The SMILES string of the molecule is CC(C)C(=O)Nc1sc2c(c1-c1nc3ccccc3s1)CC[NH+](C)C2. The first-order valence-corrected chi connectivity index (χ1v) is 10.3. The number of carbonyl (C=O) groups is 1. The van der Waals surface area contributed by atoms with Gasteiger partial charge in [-0.3, -0.25) is 4.79 Å². The molecule has 0 spiro atoms. The second kappa shape index (κ2) is 6.52. The van der Waals surface area contributed by atoms with Crippen molar-refractivity contribution in [3.8, 4) is 10.6 Å². The number of hydrogen-bond donors (Lipinski definition) is 2. The summed E-state index contributed by atoms with van der Waals surface area (Å²) in [4.78, 5) is 20.1. The Bertz CT molecular complexity index is 908. The highest BCUT2D eigenvalue weighted by molar-refractivity contribution is 7.22. The summed E-state index contributed by atoms with van der Waals surface area (Å²) in [6, 6.07) is 8.24. The van der Waals surface area contributed by atoms with Crippen LogP contribution in [-0.2, 0) is 17.8 Å². The molecule has 130 valence electrons. The van der Waals surface area contributed by atoms with Gasteiger partial charge in [-0.05, 0) is 17.7 Å². The van der Waals surface area contributed by atoms with Crippen molar-refractivity contribution in [2.24, 2.45) is 5.92 Å². The fraction of sp³-hybridized carbons (Fsp3) is 0.368. The highest BCUT2D eigenvalue weighted by Gasteiger charge is 2.28. The summed E-state index contributed by atoms with van der Waals surface area (Å²) in [5.74, 6) is 0.0392. The maximum Gasteiger partial charge on any atom is 0.227 e. The topological polar surface area (TPSA) is 46.4 Å². The molecule has 0 aliphatic carbocycles. The average molecular weight is 373 g/mol. The first-order chi connectivity index (χ1) is 12.0. The lowest BCUT2D eigenvalue weighted by Crippen LogP contribution is -3.08. The molecular weight excluding hydrogens is 350 g/mol. The fourth-order valence-corrected chi connectivity index (χ4v) is 5.64. The van der Waals surface area contributed by atoms with Crippen LogP contribution in [0.5, 0.6) is 0 Å². The fourth-order valence-electron chi connectivity index (χ4n) is 3.17. The molecule has 0 fully saturated rings. The van der Waals surface area contributed by atoms with E-state index in [9.17, 15) is 4.79 Å². The van der Waals surface area contributed by atoms with E-state index in [1.54, 1.807) is 22.7 Å². The number of likely N-dealkylation sites (N-methyl/N-ethyl adjacent to an activating group) is 1. The van der Waals surface area contributed by atoms with Crippen molar-refractivity contribution in [3.63, 3.8) is 0 Å². The number of amides is 1. The van der Waals surface area contributed by atoms with E-state index in [0.29, 0.717) is 0 Å². The van der Waals surface area contributed by atoms with E-state index in [4.69, 9.17) is 4.98 Å². The Morgan fingerprint density at radius 2 is 2.08 bits per heavy atom. The van der Waals surface area contributed by atoms with Gasteiger partial charge in [0, 0.05) is 17.9 Å². The summed E-state index contributed by atoms with van der Waals surface area (Å²) in [7, 11) is 2.23. The zero-order valence-corrected chi connectivity index (χ0v) is 16.3. The molecule has 0 bridgehead atoms. The van der Waals surface area contributed by atoms with E-state index >= 15 is 0 Å². The van der Waals surface area contributed by atoms with Gasteiger partial charge in [0.05, 0.1) is 28.7 Å². The van der Waals surface area contributed by atoms with E-state index in [-0.39, 0.29) is 11.8 Å². The van der Waals surface area contributed by atoms with Crippen LogP contribution in [0.1, 0.15) is 24.3 Å². The van der Waals surface area contributed by atoms with Crippen LogP contribution < -0.4 is 10.2 Å². The molecule has 3 heterocycles. The molecule has 3 aromatic rings. The summed E-state index contributed by atoms with van der Waals surface area (Å²) in [6.07, 6.45) is 1.04. The van der Waals surface area contributed by atoms with Crippen LogP contribution >= 0.6 is 22.7 Å². The smallest absolute Gasteiger partial charge is 0.227 e. The van der Waals surface area contributed by atoms with Crippen LogP contribution in [0.3, 0.4) is 0 Å². The van der Waals surface area contributed by atoms with Crippen molar-refractivity contribution in [1.82, 2.24) is 4.98 Å². The zero-order valence-electron chi connectivity index (χ0n) is 14.7. The number of aromatic nitrogens is 1. The van der Waals surface area contributed by atoms with Crippen molar-refractivity contribution >= 4 is 43.8 Å². The van der Waals surface area contributed by atoms with Crippen molar-refractivity contribution in [1.29, 1.82) is 0 Å². The Morgan fingerprint density at radius 1 is 1.28 bits per heavy atom. The minimum Gasteiger partial charge on any atom is -0.333 e. The largest absolute Gasteiger partial charge is 0.333 e. The van der Waals surface area contributed by atoms with Crippen LogP contribution in [0.2, 0.25) is 0 Å². The number of carbonyl (C=O) groups excluding carboxylic acids is 1. The molecule has 1 amide bonds. The van der Waals surface area contributed by atoms with Crippen molar-refractivity contribution in [2.75, 3.05) is 18.9 Å². The summed E-state index contributed by atoms with van der Waals surface area (Å²) < 4.78 is 1.19. The molecule has 1 atom stereocenters. The lowest BCUT2D eigenvalue weighted by atomic mass is 10.0. The maximum atomic E-state index is 12.3. The first kappa shape index (κ1) is 16.7. The van der Waals surface area contributed by atoms with E-state index in [0.717, 1.165) is 40.6 Å². The van der Waals surface area contributed by atoms with Gasteiger partial charge in [-0.1, -0.05) is 26.0 Å². The summed E-state index contributed by atoms with van der Waals surface area (Å²) in [6.45, 7) is 6.00. The third-order valence-corrected chi connectivity index (χ3v) is 6.82. The molecule has 2 aromatic heterocycles. The minimum atomic E-state index is -0.0318. The molecule has 1 unspecified atom stereocenters. The second-order valence-corrected chi connectivity index (χ2v) is 9.11. The molecular formula is C19H22N3OS2+. The number of fused-ring (bicyclic) bond motifs is 2. The van der Waals surface area contributed by atoms with E-state index < -0.39 is 0 Å². The number of thiazole rings is 1.